The molecule has 0 bridgehead atoms. The van der Waals surface area contributed by atoms with Gasteiger partial charge in [0.25, 0.3) is 0 Å². The van der Waals surface area contributed by atoms with Crippen molar-refractivity contribution in [1.29, 1.82) is 0 Å². The van der Waals surface area contributed by atoms with Crippen LogP contribution in [0.3, 0.4) is 0 Å². The van der Waals surface area contributed by atoms with Crippen LogP contribution in [0.2, 0.25) is 0 Å². The molecule has 4 nitrogen and oxygen atoms in total. The van der Waals surface area contributed by atoms with E-state index in [4.69, 9.17) is 9.72 Å². The molecule has 1 aliphatic rings. The summed E-state index contributed by atoms with van der Waals surface area (Å²) in [6.45, 7) is 0.561. The first-order valence-corrected chi connectivity index (χ1v) is 6.90. The van der Waals surface area contributed by atoms with Gasteiger partial charge in [-0.05, 0) is 18.2 Å². The van der Waals surface area contributed by atoms with E-state index in [-0.39, 0.29) is 0 Å². The van der Waals surface area contributed by atoms with Crippen LogP contribution in [-0.4, -0.2) is 14.8 Å². The smallest absolute Gasteiger partial charge is 0.244 e. The van der Waals surface area contributed by atoms with Crippen LogP contribution in [0.1, 0.15) is 5.56 Å². The molecule has 21 heavy (non-hydrogen) atoms. The Bertz CT molecular complexity index is 1000. The number of aromatic nitrogens is 3. The number of fused-ring (bicyclic) bond motifs is 6. The third-order valence-corrected chi connectivity index (χ3v) is 3.89. The SMILES string of the molecule is c1ccc2c(c1)COc1c3nc4ccccc4cc3nn1-2. The number of ether oxygens (including phenoxy) is 1. The van der Waals surface area contributed by atoms with E-state index in [1.807, 2.05) is 35.0 Å². The fraction of sp³-hybridized carbons (Fsp3) is 0.0588. The van der Waals surface area contributed by atoms with Crippen molar-refractivity contribution in [2.24, 2.45) is 0 Å². The minimum Gasteiger partial charge on any atom is -0.471 e. The minimum atomic E-state index is 0.561. The summed E-state index contributed by atoms with van der Waals surface area (Å²) in [5.74, 6) is 0.731. The number of hydrogen-bond acceptors (Lipinski definition) is 3. The Morgan fingerprint density at radius 1 is 0.952 bits per heavy atom. The topological polar surface area (TPSA) is 39.9 Å². The molecule has 0 fully saturated rings. The zero-order chi connectivity index (χ0) is 13.8. The maximum atomic E-state index is 5.89. The van der Waals surface area contributed by atoms with E-state index >= 15 is 0 Å². The van der Waals surface area contributed by atoms with Gasteiger partial charge in [-0.15, -0.1) is 0 Å². The maximum absolute atomic E-state index is 5.89. The molecule has 0 saturated carbocycles. The highest BCUT2D eigenvalue weighted by atomic mass is 16.5. The second-order valence-corrected chi connectivity index (χ2v) is 5.18. The molecular formula is C17H11N3O. The third-order valence-electron chi connectivity index (χ3n) is 3.89. The summed E-state index contributed by atoms with van der Waals surface area (Å²) in [5, 5.41) is 5.77. The van der Waals surface area contributed by atoms with Crippen LogP contribution in [0.5, 0.6) is 5.88 Å². The molecule has 1 aliphatic heterocycles. The molecule has 4 aromatic rings. The van der Waals surface area contributed by atoms with E-state index in [1.54, 1.807) is 0 Å². The van der Waals surface area contributed by atoms with Gasteiger partial charge in [0.05, 0.1) is 11.2 Å². The van der Waals surface area contributed by atoms with Gasteiger partial charge in [0.2, 0.25) is 5.88 Å². The molecule has 0 N–H and O–H groups in total. The van der Waals surface area contributed by atoms with Crippen molar-refractivity contribution in [3.05, 3.63) is 60.2 Å². The second kappa shape index (κ2) is 3.82. The zero-order valence-corrected chi connectivity index (χ0v) is 11.2. The highest BCUT2D eigenvalue weighted by Gasteiger charge is 2.22. The second-order valence-electron chi connectivity index (χ2n) is 5.18. The number of pyridine rings is 1. The van der Waals surface area contributed by atoms with Gasteiger partial charge in [-0.3, -0.25) is 0 Å². The standard InChI is InChI=1S/C17H11N3O/c1-3-7-13-11(5-1)9-14-16(18-13)17-20(19-14)15-8-4-2-6-12(15)10-21-17/h1-9H,10H2. The molecule has 5 rings (SSSR count). The van der Waals surface area contributed by atoms with E-state index in [0.29, 0.717) is 6.61 Å². The number of nitrogens with zero attached hydrogens (tertiary/aromatic N) is 3. The summed E-state index contributed by atoms with van der Waals surface area (Å²) in [4.78, 5) is 4.72. The summed E-state index contributed by atoms with van der Waals surface area (Å²) in [6.07, 6.45) is 0. The number of benzene rings is 2. The van der Waals surface area contributed by atoms with E-state index in [2.05, 4.69) is 29.4 Å². The minimum absolute atomic E-state index is 0.561. The monoisotopic (exact) mass is 273 g/mol. The molecule has 2 aromatic carbocycles. The van der Waals surface area contributed by atoms with Gasteiger partial charge in [-0.1, -0.05) is 36.4 Å². The zero-order valence-electron chi connectivity index (χ0n) is 11.2. The third kappa shape index (κ3) is 1.44. The normalized spacial score (nSPS) is 13.0. The predicted octanol–water partition coefficient (Wildman–Crippen LogP) is 3.47. The molecule has 0 atom stereocenters. The quantitative estimate of drug-likeness (QED) is 0.492. The molecule has 100 valence electrons. The first kappa shape index (κ1) is 10.9. The van der Waals surface area contributed by atoms with Crippen molar-refractivity contribution in [1.82, 2.24) is 14.8 Å². The van der Waals surface area contributed by atoms with Gasteiger partial charge in [0.1, 0.15) is 12.1 Å². The van der Waals surface area contributed by atoms with Crippen LogP contribution in [0, 0.1) is 0 Å². The van der Waals surface area contributed by atoms with Gasteiger partial charge < -0.3 is 4.74 Å². The molecule has 0 radical (unpaired) electrons. The summed E-state index contributed by atoms with van der Waals surface area (Å²) >= 11 is 0. The van der Waals surface area contributed by atoms with Gasteiger partial charge in [0, 0.05) is 10.9 Å². The molecule has 0 saturated heterocycles. The lowest BCUT2D eigenvalue weighted by Gasteiger charge is -2.18. The van der Waals surface area contributed by atoms with Gasteiger partial charge >= 0.3 is 0 Å². The van der Waals surface area contributed by atoms with Crippen molar-refractivity contribution in [2.75, 3.05) is 0 Å². The number of rotatable bonds is 0. The van der Waals surface area contributed by atoms with Crippen LogP contribution < -0.4 is 4.74 Å². The first-order chi connectivity index (χ1) is 10.4. The van der Waals surface area contributed by atoms with Crippen LogP contribution >= 0.6 is 0 Å². The molecule has 3 heterocycles. The average molecular weight is 273 g/mol. The van der Waals surface area contributed by atoms with Crippen LogP contribution in [-0.2, 0) is 6.61 Å². The van der Waals surface area contributed by atoms with Crippen molar-refractivity contribution >= 4 is 21.9 Å². The Balaban J connectivity index is 1.89. The van der Waals surface area contributed by atoms with Crippen molar-refractivity contribution < 1.29 is 4.74 Å². The molecule has 0 amide bonds. The number of para-hydroxylation sites is 2. The molecule has 0 spiro atoms. The van der Waals surface area contributed by atoms with E-state index in [0.717, 1.165) is 39.1 Å². The van der Waals surface area contributed by atoms with Crippen LogP contribution in [0.25, 0.3) is 27.6 Å². The maximum Gasteiger partial charge on any atom is 0.244 e. The molecular weight excluding hydrogens is 262 g/mol. The van der Waals surface area contributed by atoms with Crippen molar-refractivity contribution in [3.63, 3.8) is 0 Å². The molecule has 2 aromatic heterocycles. The Kier molecular flexibility index (Phi) is 1.98. The van der Waals surface area contributed by atoms with Gasteiger partial charge in [-0.2, -0.15) is 9.78 Å². The largest absolute Gasteiger partial charge is 0.471 e. The fourth-order valence-electron chi connectivity index (χ4n) is 2.87. The highest BCUT2D eigenvalue weighted by Crippen LogP contribution is 2.34. The Labute approximate surface area is 120 Å². The van der Waals surface area contributed by atoms with E-state index in [1.165, 1.54) is 0 Å². The average Bonchev–Trinajstić information content (AvgIpc) is 2.90. The van der Waals surface area contributed by atoms with Gasteiger partial charge in [0.15, 0.2) is 5.52 Å². The lowest BCUT2D eigenvalue weighted by atomic mass is 10.1. The highest BCUT2D eigenvalue weighted by molar-refractivity contribution is 5.93. The van der Waals surface area contributed by atoms with Gasteiger partial charge in [-0.25, -0.2) is 4.98 Å². The van der Waals surface area contributed by atoms with E-state index < -0.39 is 0 Å². The summed E-state index contributed by atoms with van der Waals surface area (Å²) < 4.78 is 7.75. The molecule has 4 heteroatoms. The first-order valence-electron chi connectivity index (χ1n) is 6.90. The van der Waals surface area contributed by atoms with Crippen molar-refractivity contribution in [2.45, 2.75) is 6.61 Å². The summed E-state index contributed by atoms with van der Waals surface area (Å²) in [6, 6.07) is 18.3. The Morgan fingerprint density at radius 2 is 1.81 bits per heavy atom. The van der Waals surface area contributed by atoms with E-state index in [9.17, 15) is 0 Å². The van der Waals surface area contributed by atoms with Crippen LogP contribution in [0.4, 0.5) is 0 Å². The molecule has 0 aliphatic carbocycles. The summed E-state index contributed by atoms with van der Waals surface area (Å²) in [7, 11) is 0. The predicted molar refractivity (Wildman–Crippen MR) is 80.7 cm³/mol. The number of hydrogen-bond donors (Lipinski definition) is 0. The van der Waals surface area contributed by atoms with Crippen LogP contribution in [0.15, 0.2) is 54.6 Å². The molecule has 0 unspecified atom stereocenters. The lowest BCUT2D eigenvalue weighted by Crippen LogP contribution is -2.12. The summed E-state index contributed by atoms with van der Waals surface area (Å²) in [5.41, 5.74) is 4.86. The van der Waals surface area contributed by atoms with Crippen molar-refractivity contribution in [3.8, 4) is 11.6 Å². The lowest BCUT2D eigenvalue weighted by molar-refractivity contribution is 0.273. The Hall–Kier alpha value is -2.88. The Morgan fingerprint density at radius 3 is 2.81 bits per heavy atom. The fourth-order valence-corrected chi connectivity index (χ4v) is 2.87.